The Labute approximate surface area is 143 Å². The molecule has 0 spiro atoms. The molecule has 3 N–H and O–H groups in total. The zero-order chi connectivity index (χ0) is 14.8. The van der Waals surface area contributed by atoms with Crippen molar-refractivity contribution in [2.45, 2.75) is 38.8 Å². The first-order chi connectivity index (χ1) is 9.45. The number of hydrogen-bond acceptors (Lipinski definition) is 3. The SMILES string of the molecule is CCCC(C)(N)C(=O)NCc1nc2ccccc2n1C.Cl.Cl. The monoisotopic (exact) mass is 346 g/mol. The van der Waals surface area contributed by atoms with Crippen LogP contribution in [0, 0.1) is 0 Å². The lowest BCUT2D eigenvalue weighted by Crippen LogP contribution is -2.51. The van der Waals surface area contributed by atoms with Crippen LogP contribution in [0.5, 0.6) is 0 Å². The summed E-state index contributed by atoms with van der Waals surface area (Å²) in [7, 11) is 1.95. The molecule has 2 aromatic rings. The number of carbonyl (C=O) groups excluding carboxylic acids is 1. The highest BCUT2D eigenvalue weighted by Crippen LogP contribution is 2.14. The van der Waals surface area contributed by atoms with Gasteiger partial charge in [-0.1, -0.05) is 25.5 Å². The number of aromatic nitrogens is 2. The minimum atomic E-state index is -0.820. The minimum Gasteiger partial charge on any atom is -0.347 e. The summed E-state index contributed by atoms with van der Waals surface area (Å²) in [6.45, 7) is 4.17. The van der Waals surface area contributed by atoms with Gasteiger partial charge in [-0.15, -0.1) is 24.8 Å². The standard InChI is InChI=1S/C15H22N4O.2ClH/c1-4-9-15(2,16)14(20)17-10-13-18-11-7-5-6-8-12(11)19(13)3;;/h5-8H,4,9-10,16H2,1-3H3,(H,17,20);2*1H. The topological polar surface area (TPSA) is 72.9 Å². The van der Waals surface area contributed by atoms with E-state index in [0.717, 1.165) is 23.3 Å². The van der Waals surface area contributed by atoms with Gasteiger partial charge in [-0.2, -0.15) is 0 Å². The Morgan fingerprint density at radius 2 is 2.00 bits per heavy atom. The van der Waals surface area contributed by atoms with Crippen LogP contribution in [0.4, 0.5) is 0 Å². The number of nitrogens with one attached hydrogen (secondary N) is 1. The van der Waals surface area contributed by atoms with E-state index in [2.05, 4.69) is 10.3 Å². The van der Waals surface area contributed by atoms with Gasteiger partial charge in [-0.3, -0.25) is 4.79 Å². The lowest BCUT2D eigenvalue weighted by molar-refractivity contribution is -0.126. The van der Waals surface area contributed by atoms with Gasteiger partial charge in [0.1, 0.15) is 5.82 Å². The number of imidazole rings is 1. The molecule has 0 bridgehead atoms. The number of hydrogen-bond donors (Lipinski definition) is 2. The Bertz CT molecular complexity index is 625. The fourth-order valence-electron chi connectivity index (χ4n) is 2.35. The highest BCUT2D eigenvalue weighted by Gasteiger charge is 2.27. The van der Waals surface area contributed by atoms with Crippen LogP contribution >= 0.6 is 24.8 Å². The van der Waals surface area contributed by atoms with Crippen molar-refractivity contribution >= 4 is 41.8 Å². The van der Waals surface area contributed by atoms with Gasteiger partial charge in [-0.25, -0.2) is 4.98 Å². The Morgan fingerprint density at radius 3 is 2.59 bits per heavy atom. The first kappa shape index (κ1) is 20.7. The molecule has 1 aromatic heterocycles. The number of aryl methyl sites for hydroxylation is 1. The summed E-state index contributed by atoms with van der Waals surface area (Å²) in [4.78, 5) is 16.6. The van der Waals surface area contributed by atoms with Crippen molar-refractivity contribution in [2.75, 3.05) is 0 Å². The van der Waals surface area contributed by atoms with Crippen molar-refractivity contribution < 1.29 is 4.79 Å². The normalized spacial score (nSPS) is 12.9. The van der Waals surface area contributed by atoms with Gasteiger partial charge >= 0.3 is 0 Å². The predicted octanol–water partition coefficient (Wildman–Crippen LogP) is 2.55. The number of para-hydroxylation sites is 2. The number of nitrogens with two attached hydrogens (primary N) is 1. The number of fused-ring (bicyclic) bond motifs is 1. The van der Waals surface area contributed by atoms with Crippen LogP contribution in [0.25, 0.3) is 11.0 Å². The molecule has 1 unspecified atom stereocenters. The third-order valence-electron chi connectivity index (χ3n) is 3.57. The van der Waals surface area contributed by atoms with Gasteiger partial charge in [0.15, 0.2) is 0 Å². The average Bonchev–Trinajstić information content (AvgIpc) is 2.73. The summed E-state index contributed by atoms with van der Waals surface area (Å²) in [6.07, 6.45) is 1.55. The maximum absolute atomic E-state index is 12.1. The van der Waals surface area contributed by atoms with Gasteiger partial charge in [0.05, 0.1) is 23.1 Å². The second kappa shape index (κ2) is 8.36. The molecule has 0 aliphatic heterocycles. The van der Waals surface area contributed by atoms with Gasteiger partial charge in [0.2, 0.25) is 5.91 Å². The van der Waals surface area contributed by atoms with Crippen LogP contribution in [0.1, 0.15) is 32.5 Å². The van der Waals surface area contributed by atoms with Crippen LogP contribution in [-0.2, 0) is 18.4 Å². The third kappa shape index (κ3) is 4.35. The quantitative estimate of drug-likeness (QED) is 0.873. The molecule has 5 nitrogen and oxygen atoms in total. The smallest absolute Gasteiger partial charge is 0.240 e. The van der Waals surface area contributed by atoms with Crippen LogP contribution in [0.2, 0.25) is 0 Å². The molecule has 0 radical (unpaired) electrons. The number of amides is 1. The third-order valence-corrected chi connectivity index (χ3v) is 3.57. The lowest BCUT2D eigenvalue weighted by atomic mass is 9.97. The molecule has 1 aromatic carbocycles. The summed E-state index contributed by atoms with van der Waals surface area (Å²) in [5, 5.41) is 2.88. The molecule has 0 aliphatic rings. The highest BCUT2D eigenvalue weighted by molar-refractivity contribution is 5.86. The van der Waals surface area contributed by atoms with Crippen molar-refractivity contribution in [3.63, 3.8) is 0 Å². The number of rotatable bonds is 5. The number of carbonyl (C=O) groups is 1. The maximum atomic E-state index is 12.1. The van der Waals surface area contributed by atoms with Crippen molar-refractivity contribution in [3.05, 3.63) is 30.1 Å². The zero-order valence-electron chi connectivity index (χ0n) is 13.1. The van der Waals surface area contributed by atoms with Crippen LogP contribution < -0.4 is 11.1 Å². The van der Waals surface area contributed by atoms with E-state index < -0.39 is 5.54 Å². The Balaban J connectivity index is 0.00000220. The van der Waals surface area contributed by atoms with Gasteiger partial charge in [0.25, 0.3) is 0 Å². The van der Waals surface area contributed by atoms with Crippen molar-refractivity contribution in [1.82, 2.24) is 14.9 Å². The molecule has 22 heavy (non-hydrogen) atoms. The summed E-state index contributed by atoms with van der Waals surface area (Å²) in [5.41, 5.74) is 7.18. The van der Waals surface area contributed by atoms with E-state index in [9.17, 15) is 4.79 Å². The fraction of sp³-hybridized carbons (Fsp3) is 0.467. The maximum Gasteiger partial charge on any atom is 0.240 e. The minimum absolute atomic E-state index is 0. The Kier molecular flexibility index (Phi) is 7.87. The molecule has 0 aliphatic carbocycles. The molecular formula is C15H24Cl2N4O. The summed E-state index contributed by atoms with van der Waals surface area (Å²) in [6, 6.07) is 7.91. The lowest BCUT2D eigenvalue weighted by Gasteiger charge is -2.22. The van der Waals surface area contributed by atoms with Gasteiger partial charge in [0, 0.05) is 7.05 Å². The largest absolute Gasteiger partial charge is 0.347 e. The molecule has 1 atom stereocenters. The van der Waals surface area contributed by atoms with E-state index in [1.54, 1.807) is 6.92 Å². The molecule has 0 saturated heterocycles. The molecule has 124 valence electrons. The average molecular weight is 347 g/mol. The summed E-state index contributed by atoms with van der Waals surface area (Å²) < 4.78 is 1.99. The Hall–Kier alpha value is -1.30. The van der Waals surface area contributed by atoms with Crippen molar-refractivity contribution in [2.24, 2.45) is 12.8 Å². The van der Waals surface area contributed by atoms with E-state index in [4.69, 9.17) is 5.73 Å². The summed E-state index contributed by atoms with van der Waals surface area (Å²) in [5.74, 6) is 0.693. The second-order valence-corrected chi connectivity index (χ2v) is 5.43. The van der Waals surface area contributed by atoms with E-state index in [0.29, 0.717) is 13.0 Å². The predicted molar refractivity (Wildman–Crippen MR) is 94.6 cm³/mol. The first-order valence-corrected chi connectivity index (χ1v) is 6.93. The van der Waals surface area contributed by atoms with Crippen molar-refractivity contribution in [3.8, 4) is 0 Å². The van der Waals surface area contributed by atoms with E-state index in [1.165, 1.54) is 0 Å². The number of halogens is 2. The van der Waals surface area contributed by atoms with Crippen LogP contribution in [0.15, 0.2) is 24.3 Å². The zero-order valence-corrected chi connectivity index (χ0v) is 14.8. The molecule has 7 heteroatoms. The highest BCUT2D eigenvalue weighted by atomic mass is 35.5. The second-order valence-electron chi connectivity index (χ2n) is 5.43. The summed E-state index contributed by atoms with van der Waals surface area (Å²) >= 11 is 0. The van der Waals surface area contributed by atoms with Crippen molar-refractivity contribution in [1.29, 1.82) is 0 Å². The molecular weight excluding hydrogens is 323 g/mol. The molecule has 0 fully saturated rings. The molecule has 2 rings (SSSR count). The number of nitrogens with zero attached hydrogens (tertiary/aromatic N) is 2. The first-order valence-electron chi connectivity index (χ1n) is 6.93. The molecule has 1 heterocycles. The van der Waals surface area contributed by atoms with Gasteiger partial charge < -0.3 is 15.6 Å². The van der Waals surface area contributed by atoms with Crippen LogP contribution in [0.3, 0.4) is 0 Å². The van der Waals surface area contributed by atoms with Gasteiger partial charge in [-0.05, 0) is 25.5 Å². The Morgan fingerprint density at radius 1 is 1.36 bits per heavy atom. The van der Waals surface area contributed by atoms with Crippen LogP contribution in [-0.4, -0.2) is 21.0 Å². The van der Waals surface area contributed by atoms with E-state index >= 15 is 0 Å². The molecule has 0 saturated carbocycles. The van der Waals surface area contributed by atoms with E-state index in [1.807, 2.05) is 42.8 Å². The van der Waals surface area contributed by atoms with E-state index in [-0.39, 0.29) is 30.7 Å². The number of benzene rings is 1. The molecule has 1 amide bonds. The fourth-order valence-corrected chi connectivity index (χ4v) is 2.35.